The number of nitrogens with one attached hydrogen (secondary N) is 1. The minimum absolute atomic E-state index is 0.0738. The van der Waals surface area contributed by atoms with Crippen LogP contribution >= 0.6 is 11.8 Å². The predicted octanol–water partition coefficient (Wildman–Crippen LogP) is 2.04. The van der Waals surface area contributed by atoms with Gasteiger partial charge in [0.2, 0.25) is 5.91 Å². The third-order valence-electron chi connectivity index (χ3n) is 2.82. The lowest BCUT2D eigenvalue weighted by atomic mass is 10.3. The molecule has 1 aromatic rings. The van der Waals surface area contributed by atoms with Gasteiger partial charge in [-0.3, -0.25) is 4.79 Å². The van der Waals surface area contributed by atoms with Crippen LogP contribution in [0, 0.1) is 0 Å². The fourth-order valence-corrected chi connectivity index (χ4v) is 2.48. The van der Waals surface area contributed by atoms with Gasteiger partial charge in [0.15, 0.2) is 0 Å². The highest BCUT2D eigenvalue weighted by atomic mass is 32.2. The maximum absolute atomic E-state index is 11.9. The number of methoxy groups -OCH3 is 1. The Morgan fingerprint density at radius 2 is 2.28 bits per heavy atom. The van der Waals surface area contributed by atoms with Crippen molar-refractivity contribution in [1.29, 1.82) is 0 Å². The van der Waals surface area contributed by atoms with Crippen LogP contribution in [0.25, 0.3) is 0 Å². The number of carbonyl (C=O) groups excluding carboxylic acids is 1. The minimum atomic E-state index is -0.153. The van der Waals surface area contributed by atoms with Crippen molar-refractivity contribution in [2.45, 2.75) is 36.0 Å². The fraction of sp³-hybridized carbons (Fsp3) is 0.462. The number of anilines is 1. The van der Waals surface area contributed by atoms with Gasteiger partial charge in [-0.1, -0.05) is 0 Å². The molecule has 3 N–H and O–H groups in total. The molecule has 4 nitrogen and oxygen atoms in total. The smallest absolute Gasteiger partial charge is 0.233 e. The van der Waals surface area contributed by atoms with Crippen LogP contribution in [0.4, 0.5) is 5.69 Å². The summed E-state index contributed by atoms with van der Waals surface area (Å²) in [6.07, 6.45) is 2.20. The van der Waals surface area contributed by atoms with E-state index < -0.39 is 0 Å². The molecule has 1 unspecified atom stereocenters. The van der Waals surface area contributed by atoms with E-state index in [1.165, 1.54) is 11.8 Å². The molecule has 0 radical (unpaired) electrons. The molecule has 98 valence electrons. The van der Waals surface area contributed by atoms with Gasteiger partial charge in [-0.2, -0.15) is 0 Å². The zero-order valence-corrected chi connectivity index (χ0v) is 11.4. The summed E-state index contributed by atoms with van der Waals surface area (Å²) >= 11 is 1.46. The van der Waals surface area contributed by atoms with Crippen molar-refractivity contribution in [1.82, 2.24) is 5.32 Å². The summed E-state index contributed by atoms with van der Waals surface area (Å²) in [6.45, 7) is 1.89. The SMILES string of the molecule is COc1ccc(N)c(SC(C)C(=O)NC2CC2)c1. The quantitative estimate of drug-likeness (QED) is 0.632. The van der Waals surface area contributed by atoms with Crippen LogP contribution in [0.5, 0.6) is 5.75 Å². The lowest BCUT2D eigenvalue weighted by Crippen LogP contribution is -2.32. The van der Waals surface area contributed by atoms with Gasteiger partial charge in [0, 0.05) is 16.6 Å². The van der Waals surface area contributed by atoms with Gasteiger partial charge in [-0.25, -0.2) is 0 Å². The molecule has 0 aromatic heterocycles. The average Bonchev–Trinajstić information content (AvgIpc) is 3.15. The molecule has 1 aliphatic rings. The van der Waals surface area contributed by atoms with Crippen molar-refractivity contribution in [2.24, 2.45) is 0 Å². The van der Waals surface area contributed by atoms with Crippen LogP contribution in [-0.4, -0.2) is 24.3 Å². The second kappa shape index (κ2) is 5.52. The summed E-state index contributed by atoms with van der Waals surface area (Å²) in [5, 5.41) is 2.84. The average molecular weight is 266 g/mol. The number of thioether (sulfide) groups is 1. The molecule has 1 saturated carbocycles. The maximum Gasteiger partial charge on any atom is 0.233 e. The topological polar surface area (TPSA) is 64.3 Å². The number of hydrogen-bond acceptors (Lipinski definition) is 4. The Kier molecular flexibility index (Phi) is 4.01. The molecular weight excluding hydrogens is 248 g/mol. The van der Waals surface area contributed by atoms with E-state index in [0.29, 0.717) is 11.7 Å². The summed E-state index contributed by atoms with van der Waals surface area (Å²) in [5.74, 6) is 0.825. The predicted molar refractivity (Wildman–Crippen MR) is 73.9 cm³/mol. The zero-order valence-electron chi connectivity index (χ0n) is 10.6. The van der Waals surface area contributed by atoms with Gasteiger partial charge >= 0.3 is 0 Å². The van der Waals surface area contributed by atoms with E-state index in [9.17, 15) is 4.79 Å². The minimum Gasteiger partial charge on any atom is -0.497 e. The number of ether oxygens (including phenoxy) is 1. The van der Waals surface area contributed by atoms with Crippen molar-refractivity contribution in [3.8, 4) is 5.75 Å². The molecule has 2 rings (SSSR count). The molecule has 0 spiro atoms. The number of nitrogen functional groups attached to an aromatic ring is 1. The second-order valence-electron chi connectivity index (χ2n) is 4.45. The number of hydrogen-bond donors (Lipinski definition) is 2. The summed E-state index contributed by atoms with van der Waals surface area (Å²) in [6, 6.07) is 5.87. The van der Waals surface area contributed by atoms with Gasteiger partial charge in [0.25, 0.3) is 0 Å². The summed E-state index contributed by atoms with van der Waals surface area (Å²) in [5.41, 5.74) is 6.57. The highest BCUT2D eigenvalue weighted by Crippen LogP contribution is 2.32. The Morgan fingerprint density at radius 3 is 2.89 bits per heavy atom. The summed E-state index contributed by atoms with van der Waals surface area (Å²) in [4.78, 5) is 12.7. The standard InChI is InChI=1S/C13H18N2O2S/c1-8(13(16)15-9-3-4-9)18-12-7-10(17-2)5-6-11(12)14/h5-9H,3-4,14H2,1-2H3,(H,15,16). The second-order valence-corrected chi connectivity index (χ2v) is 5.83. The highest BCUT2D eigenvalue weighted by Gasteiger charge is 2.26. The number of carbonyl (C=O) groups is 1. The summed E-state index contributed by atoms with van der Waals surface area (Å²) < 4.78 is 5.16. The van der Waals surface area contributed by atoms with Crippen LogP contribution in [0.3, 0.4) is 0 Å². The normalized spacial score (nSPS) is 16.1. The third kappa shape index (κ3) is 3.32. The Balaban J connectivity index is 2.00. The van der Waals surface area contributed by atoms with Gasteiger partial charge < -0.3 is 15.8 Å². The monoisotopic (exact) mass is 266 g/mol. The van der Waals surface area contributed by atoms with Crippen LogP contribution in [0.15, 0.2) is 23.1 Å². The lowest BCUT2D eigenvalue weighted by Gasteiger charge is -2.13. The van der Waals surface area contributed by atoms with Crippen molar-refractivity contribution in [3.63, 3.8) is 0 Å². The van der Waals surface area contributed by atoms with E-state index in [2.05, 4.69) is 5.32 Å². The van der Waals surface area contributed by atoms with E-state index >= 15 is 0 Å². The van der Waals surface area contributed by atoms with Crippen LogP contribution in [0.1, 0.15) is 19.8 Å². The number of amides is 1. The first-order chi connectivity index (χ1) is 8.60. The van der Waals surface area contributed by atoms with Crippen molar-refractivity contribution in [2.75, 3.05) is 12.8 Å². The van der Waals surface area contributed by atoms with Crippen LogP contribution in [0.2, 0.25) is 0 Å². The zero-order chi connectivity index (χ0) is 13.1. The Bertz CT molecular complexity index is 447. The molecule has 1 fully saturated rings. The molecule has 18 heavy (non-hydrogen) atoms. The number of nitrogens with two attached hydrogens (primary N) is 1. The maximum atomic E-state index is 11.9. The Hall–Kier alpha value is -1.36. The third-order valence-corrected chi connectivity index (χ3v) is 3.99. The Labute approximate surface area is 111 Å². The molecule has 1 amide bonds. The van der Waals surface area contributed by atoms with E-state index in [1.807, 2.05) is 19.1 Å². The van der Waals surface area contributed by atoms with Gasteiger partial charge in [-0.05, 0) is 38.0 Å². The molecule has 1 aromatic carbocycles. The Morgan fingerprint density at radius 1 is 1.56 bits per heavy atom. The molecular formula is C13H18N2O2S. The van der Waals surface area contributed by atoms with Crippen molar-refractivity contribution in [3.05, 3.63) is 18.2 Å². The molecule has 0 saturated heterocycles. The van der Waals surface area contributed by atoms with E-state index in [-0.39, 0.29) is 11.2 Å². The fourth-order valence-electron chi connectivity index (χ4n) is 1.53. The summed E-state index contributed by atoms with van der Waals surface area (Å²) in [7, 11) is 1.61. The molecule has 0 aliphatic heterocycles. The molecule has 5 heteroatoms. The van der Waals surface area contributed by atoms with Crippen molar-refractivity contribution >= 4 is 23.4 Å². The molecule has 1 atom stereocenters. The first kappa shape index (κ1) is 13.1. The van der Waals surface area contributed by atoms with E-state index in [4.69, 9.17) is 10.5 Å². The van der Waals surface area contributed by atoms with Crippen LogP contribution in [-0.2, 0) is 4.79 Å². The number of rotatable bonds is 5. The first-order valence-electron chi connectivity index (χ1n) is 6.00. The lowest BCUT2D eigenvalue weighted by molar-refractivity contribution is -0.120. The van der Waals surface area contributed by atoms with Crippen LogP contribution < -0.4 is 15.8 Å². The highest BCUT2D eigenvalue weighted by molar-refractivity contribution is 8.00. The van der Waals surface area contributed by atoms with Crippen molar-refractivity contribution < 1.29 is 9.53 Å². The van der Waals surface area contributed by atoms with Gasteiger partial charge in [-0.15, -0.1) is 11.8 Å². The molecule has 0 bridgehead atoms. The number of benzene rings is 1. The first-order valence-corrected chi connectivity index (χ1v) is 6.88. The molecule has 1 aliphatic carbocycles. The van der Waals surface area contributed by atoms with Gasteiger partial charge in [0.05, 0.1) is 12.4 Å². The molecule has 0 heterocycles. The van der Waals surface area contributed by atoms with E-state index in [0.717, 1.165) is 23.5 Å². The van der Waals surface area contributed by atoms with Gasteiger partial charge in [0.1, 0.15) is 5.75 Å². The van der Waals surface area contributed by atoms with E-state index in [1.54, 1.807) is 13.2 Å². The largest absolute Gasteiger partial charge is 0.497 e.